The summed E-state index contributed by atoms with van der Waals surface area (Å²) in [6.07, 6.45) is -1.02. The van der Waals surface area contributed by atoms with Gasteiger partial charge >= 0.3 is 5.97 Å². The van der Waals surface area contributed by atoms with E-state index >= 15 is 0 Å². The van der Waals surface area contributed by atoms with Crippen LogP contribution in [0.4, 0.5) is 0 Å². The molecule has 0 fully saturated rings. The van der Waals surface area contributed by atoms with E-state index in [-0.39, 0.29) is 18.8 Å². The van der Waals surface area contributed by atoms with E-state index in [0.29, 0.717) is 5.56 Å². The molecule has 0 heterocycles. The molecule has 0 aliphatic carbocycles. The number of benzene rings is 1. The lowest BCUT2D eigenvalue weighted by molar-refractivity contribution is -0.139. The molecule has 11 N–H and O–H groups in total. The molecule has 0 radical (unpaired) electrons. The Morgan fingerprint density at radius 2 is 1.27 bits per heavy atom. The Labute approximate surface area is 279 Å². The summed E-state index contributed by atoms with van der Waals surface area (Å²) in [6, 6.07) is 2.39. The summed E-state index contributed by atoms with van der Waals surface area (Å²) in [7, 11) is 0. The first kappa shape index (κ1) is 41.4. The van der Waals surface area contributed by atoms with Gasteiger partial charge in [-0.2, -0.15) is 0 Å². The van der Waals surface area contributed by atoms with Crippen LogP contribution in [0.1, 0.15) is 46.6 Å². The number of hydrogen-bond donors (Lipinski definition) is 10. The summed E-state index contributed by atoms with van der Waals surface area (Å²) < 4.78 is 0. The molecule has 0 aliphatic rings. The van der Waals surface area contributed by atoms with E-state index in [1.54, 1.807) is 58.0 Å². The lowest BCUT2D eigenvalue weighted by Gasteiger charge is -2.26. The number of carboxylic acid groups (broad SMARTS) is 1. The molecule has 6 atom stereocenters. The van der Waals surface area contributed by atoms with Gasteiger partial charge in [0.1, 0.15) is 36.8 Å². The number of carbonyl (C=O) groups is 7. The van der Waals surface area contributed by atoms with E-state index in [1.807, 2.05) is 0 Å². The van der Waals surface area contributed by atoms with Crippen LogP contribution in [0.25, 0.3) is 0 Å². The van der Waals surface area contributed by atoms with Crippen LogP contribution in [0.15, 0.2) is 30.3 Å². The highest BCUT2D eigenvalue weighted by Crippen LogP contribution is 2.08. The first-order chi connectivity index (χ1) is 22.5. The summed E-state index contributed by atoms with van der Waals surface area (Å²) in [5.74, 6) is -6.67. The Kier molecular flexibility index (Phi) is 17.8. The van der Waals surface area contributed by atoms with Crippen LogP contribution in [0.5, 0.6) is 0 Å². The van der Waals surface area contributed by atoms with E-state index in [0.717, 1.165) is 0 Å². The van der Waals surface area contributed by atoms with E-state index in [4.69, 9.17) is 10.8 Å². The number of carboxylic acids is 1. The third-order valence-corrected chi connectivity index (χ3v) is 7.00. The number of nitrogens with one attached hydrogen (secondary N) is 6. The second kappa shape index (κ2) is 20.6. The molecule has 0 aromatic heterocycles. The minimum atomic E-state index is -1.52. The molecule has 0 unspecified atom stereocenters. The second-order valence-corrected chi connectivity index (χ2v) is 12.1. The lowest BCUT2D eigenvalue weighted by atomic mass is 10.0. The average Bonchev–Trinajstić information content (AvgIpc) is 3.02. The predicted octanol–water partition coefficient (Wildman–Crippen LogP) is -3.11. The van der Waals surface area contributed by atoms with Crippen LogP contribution >= 0.6 is 0 Å². The normalized spacial score (nSPS) is 14.8. The number of hydrogen-bond acceptors (Lipinski definition) is 10. The molecule has 0 spiro atoms. The van der Waals surface area contributed by atoms with Crippen LogP contribution in [0, 0.1) is 11.8 Å². The maximum atomic E-state index is 13.2. The van der Waals surface area contributed by atoms with Gasteiger partial charge in [-0.25, -0.2) is 0 Å². The van der Waals surface area contributed by atoms with Gasteiger partial charge in [-0.3, -0.25) is 33.6 Å². The molecular weight excluding hydrogens is 630 g/mol. The lowest BCUT2D eigenvalue weighted by Crippen LogP contribution is -2.59. The zero-order valence-corrected chi connectivity index (χ0v) is 27.8. The quantitative estimate of drug-likeness (QED) is 0.0658. The van der Waals surface area contributed by atoms with Crippen LogP contribution in [-0.4, -0.2) is 113 Å². The van der Waals surface area contributed by atoms with Crippen molar-refractivity contribution >= 4 is 41.4 Å². The minimum absolute atomic E-state index is 0.0500. The van der Waals surface area contributed by atoms with Crippen LogP contribution in [0.3, 0.4) is 0 Å². The van der Waals surface area contributed by atoms with Crippen LogP contribution in [0.2, 0.25) is 0 Å². The third-order valence-electron chi connectivity index (χ3n) is 7.00. The standard InChI is InChI=1S/C31H49N7O10/c1-16(2)11-20(28(45)37-22(15-39)29(46)38-26(17(3)4)31(48)34-14-24(42)43)35-23(41)13-33-27(44)21(12-19-9-7-6-8-10-19)36-30(47)25(32)18(5)40/h6-10,16-18,20-22,25-26,39-40H,11-15,32H2,1-5H3,(H,33,44)(H,34,48)(H,35,41)(H,36,47)(H,37,45)(H,38,46)(H,42,43)/t18-,20+,21+,22+,25+,26+/m1/s1. The van der Waals surface area contributed by atoms with Crippen molar-refractivity contribution in [1.29, 1.82) is 0 Å². The number of aliphatic hydroxyl groups is 2. The molecule has 1 aromatic carbocycles. The maximum absolute atomic E-state index is 13.2. The van der Waals surface area contributed by atoms with Crippen molar-refractivity contribution < 1.29 is 48.9 Å². The zero-order valence-electron chi connectivity index (χ0n) is 27.8. The maximum Gasteiger partial charge on any atom is 0.322 e. The number of amides is 6. The van der Waals surface area contributed by atoms with E-state index in [2.05, 4.69) is 31.9 Å². The molecule has 17 heteroatoms. The van der Waals surface area contributed by atoms with Gasteiger partial charge in [0.15, 0.2) is 0 Å². The Morgan fingerprint density at radius 1 is 0.708 bits per heavy atom. The molecule has 0 aliphatic heterocycles. The van der Waals surface area contributed by atoms with Crippen molar-refractivity contribution in [2.24, 2.45) is 17.6 Å². The second-order valence-electron chi connectivity index (χ2n) is 12.1. The highest BCUT2D eigenvalue weighted by molar-refractivity contribution is 5.96. The number of rotatable bonds is 20. The molecule has 1 rings (SSSR count). The number of nitrogens with two attached hydrogens (primary N) is 1. The third kappa shape index (κ3) is 14.9. The Balaban J connectivity index is 2.95. The van der Waals surface area contributed by atoms with Crippen molar-refractivity contribution in [3.05, 3.63) is 35.9 Å². The Bertz CT molecular complexity index is 1260. The first-order valence-corrected chi connectivity index (χ1v) is 15.5. The summed E-state index contributed by atoms with van der Waals surface area (Å²) in [4.78, 5) is 87.7. The fourth-order valence-corrected chi connectivity index (χ4v) is 4.31. The topological polar surface area (TPSA) is 278 Å². The van der Waals surface area contributed by atoms with Gasteiger partial charge in [0.25, 0.3) is 0 Å². The average molecular weight is 680 g/mol. The monoisotopic (exact) mass is 679 g/mol. The summed E-state index contributed by atoms with van der Waals surface area (Å²) >= 11 is 0. The van der Waals surface area contributed by atoms with Gasteiger partial charge < -0.3 is 53.0 Å². The van der Waals surface area contributed by atoms with Crippen LogP contribution < -0.4 is 37.6 Å². The first-order valence-electron chi connectivity index (χ1n) is 15.5. The van der Waals surface area contributed by atoms with E-state index in [9.17, 15) is 43.8 Å². The fourth-order valence-electron chi connectivity index (χ4n) is 4.31. The zero-order chi connectivity index (χ0) is 36.6. The van der Waals surface area contributed by atoms with Gasteiger partial charge in [0.2, 0.25) is 35.4 Å². The summed E-state index contributed by atoms with van der Waals surface area (Å²) in [5.41, 5.74) is 6.41. The molecule has 0 saturated carbocycles. The van der Waals surface area contributed by atoms with Crippen molar-refractivity contribution in [3.8, 4) is 0 Å². The van der Waals surface area contributed by atoms with E-state index < -0.39 is 103 Å². The number of aliphatic hydroxyl groups excluding tert-OH is 2. The fraction of sp³-hybridized carbons (Fsp3) is 0.581. The van der Waals surface area contributed by atoms with E-state index in [1.165, 1.54) is 6.92 Å². The molecule has 0 saturated heterocycles. The highest BCUT2D eigenvalue weighted by atomic mass is 16.4. The molecule has 1 aromatic rings. The number of aliphatic carboxylic acids is 1. The van der Waals surface area contributed by atoms with Gasteiger partial charge in [-0.15, -0.1) is 0 Å². The molecule has 0 bridgehead atoms. The van der Waals surface area contributed by atoms with Crippen LogP contribution in [-0.2, 0) is 40.0 Å². The van der Waals surface area contributed by atoms with Gasteiger partial charge in [0.05, 0.1) is 19.3 Å². The van der Waals surface area contributed by atoms with Gasteiger partial charge in [-0.1, -0.05) is 58.0 Å². The molecule has 6 amide bonds. The largest absolute Gasteiger partial charge is 0.480 e. The summed E-state index contributed by atoms with van der Waals surface area (Å²) in [5, 5.41) is 42.7. The smallest absolute Gasteiger partial charge is 0.322 e. The van der Waals surface area contributed by atoms with Gasteiger partial charge in [-0.05, 0) is 30.7 Å². The van der Waals surface area contributed by atoms with Gasteiger partial charge in [0, 0.05) is 6.42 Å². The van der Waals surface area contributed by atoms with Crippen molar-refractivity contribution in [1.82, 2.24) is 31.9 Å². The Morgan fingerprint density at radius 3 is 1.79 bits per heavy atom. The van der Waals surface area contributed by atoms with Crippen molar-refractivity contribution in [3.63, 3.8) is 0 Å². The SMILES string of the molecule is CC(C)C[C@H](NC(=O)CNC(=O)[C@H](Cc1ccccc1)NC(=O)[C@@H](N)[C@@H](C)O)C(=O)N[C@@H](CO)C(=O)N[C@H](C(=O)NCC(=O)O)C(C)C. The highest BCUT2D eigenvalue weighted by Gasteiger charge is 2.32. The molecule has 48 heavy (non-hydrogen) atoms. The summed E-state index contributed by atoms with van der Waals surface area (Å²) in [6.45, 7) is 5.98. The molecule has 268 valence electrons. The predicted molar refractivity (Wildman–Crippen MR) is 173 cm³/mol. The number of carbonyl (C=O) groups excluding carboxylic acids is 6. The molecule has 17 nitrogen and oxygen atoms in total. The van der Waals surface area contributed by atoms with Crippen molar-refractivity contribution in [2.75, 3.05) is 19.7 Å². The minimum Gasteiger partial charge on any atom is -0.480 e. The Hall–Kier alpha value is -4.61. The van der Waals surface area contributed by atoms with Crippen molar-refractivity contribution in [2.45, 2.75) is 83.8 Å². The molecular formula is C31H49N7O10.